The summed E-state index contributed by atoms with van der Waals surface area (Å²) >= 11 is 0. The molecule has 0 unspecified atom stereocenters. The number of pyridine rings is 1. The maximum atomic E-state index is 13.7. The van der Waals surface area contributed by atoms with Gasteiger partial charge in [0.2, 0.25) is 5.91 Å². The minimum Gasteiger partial charge on any atom is -0.384 e. The van der Waals surface area contributed by atoms with Crippen LogP contribution in [0.2, 0.25) is 0 Å². The molecule has 0 radical (unpaired) electrons. The predicted octanol–water partition coefficient (Wildman–Crippen LogP) is 3.22. The number of likely N-dealkylation sites (N-methyl/N-ethyl adjacent to an activating group) is 1. The van der Waals surface area contributed by atoms with E-state index in [1.54, 1.807) is 37.2 Å². The van der Waals surface area contributed by atoms with E-state index in [0.717, 1.165) is 32.8 Å². The standard InChI is InChI=1S/C28H35N7O3/c1-7-23(20-9-16(2)8-17(3)10-20)32-28(38)35-25(27(37)34(6)21-14-30-33(5)15-21)22(26(35)36)12-19-11-18(4)31-24(29)13-19/h8-11,13-15,22-23,25H,7,12H2,1-6H3,(H2,29,31)(H,32,38)/t22-,23-,25+/m1/s1. The molecule has 1 aromatic carbocycles. The zero-order valence-corrected chi connectivity index (χ0v) is 22.7. The van der Waals surface area contributed by atoms with Gasteiger partial charge in [-0.2, -0.15) is 5.10 Å². The molecule has 0 spiro atoms. The fourth-order valence-electron chi connectivity index (χ4n) is 5.15. The molecular formula is C28H35N7O3. The number of nitrogen functional groups attached to an aromatic ring is 1. The molecule has 1 aliphatic heterocycles. The van der Waals surface area contributed by atoms with Crippen LogP contribution >= 0.6 is 0 Å². The maximum Gasteiger partial charge on any atom is 0.325 e. The number of aromatic nitrogens is 3. The number of rotatable bonds is 7. The van der Waals surface area contributed by atoms with E-state index in [1.807, 2.05) is 45.9 Å². The fraction of sp³-hybridized carbons (Fsp3) is 0.393. The van der Waals surface area contributed by atoms with Crippen LogP contribution in [0.1, 0.15) is 47.3 Å². The van der Waals surface area contributed by atoms with E-state index in [9.17, 15) is 14.4 Å². The largest absolute Gasteiger partial charge is 0.384 e. The van der Waals surface area contributed by atoms with E-state index in [1.165, 1.54) is 4.90 Å². The second-order valence-corrected chi connectivity index (χ2v) is 10.1. The van der Waals surface area contributed by atoms with Gasteiger partial charge in [-0.3, -0.25) is 19.2 Å². The Morgan fingerprint density at radius 1 is 1.13 bits per heavy atom. The molecule has 200 valence electrons. The summed E-state index contributed by atoms with van der Waals surface area (Å²) in [6.45, 7) is 7.80. The quantitative estimate of drug-likeness (QED) is 0.464. The van der Waals surface area contributed by atoms with Crippen LogP contribution in [0.15, 0.2) is 42.7 Å². The first-order valence-electron chi connectivity index (χ1n) is 12.7. The monoisotopic (exact) mass is 517 g/mol. The van der Waals surface area contributed by atoms with Crippen LogP contribution in [-0.2, 0) is 23.1 Å². The summed E-state index contributed by atoms with van der Waals surface area (Å²) in [6, 6.07) is 7.79. The summed E-state index contributed by atoms with van der Waals surface area (Å²) in [5.41, 5.74) is 11.1. The Hall–Kier alpha value is -4.21. The van der Waals surface area contributed by atoms with Gasteiger partial charge in [0.05, 0.1) is 23.8 Å². The average Bonchev–Trinajstić information content (AvgIpc) is 3.28. The van der Waals surface area contributed by atoms with Crippen molar-refractivity contribution in [3.63, 3.8) is 0 Å². The van der Waals surface area contributed by atoms with Crippen molar-refractivity contribution >= 4 is 29.4 Å². The first-order valence-corrected chi connectivity index (χ1v) is 12.7. The Morgan fingerprint density at radius 3 is 2.39 bits per heavy atom. The lowest BCUT2D eigenvalue weighted by Gasteiger charge is -2.46. The van der Waals surface area contributed by atoms with Crippen LogP contribution < -0.4 is 16.0 Å². The number of nitrogens with two attached hydrogens (primary N) is 1. The highest BCUT2D eigenvalue weighted by atomic mass is 16.2. The number of likely N-dealkylation sites (tertiary alicyclic amines) is 1. The molecule has 3 atom stereocenters. The minimum absolute atomic E-state index is 0.266. The number of imide groups is 1. The van der Waals surface area contributed by atoms with E-state index in [-0.39, 0.29) is 18.4 Å². The Labute approximate surface area is 222 Å². The topological polar surface area (TPSA) is 126 Å². The summed E-state index contributed by atoms with van der Waals surface area (Å²) < 4.78 is 1.59. The number of benzene rings is 1. The van der Waals surface area contributed by atoms with Crippen LogP contribution in [0.4, 0.5) is 16.3 Å². The van der Waals surface area contributed by atoms with Crippen LogP contribution in [0.3, 0.4) is 0 Å². The van der Waals surface area contributed by atoms with E-state index < -0.39 is 23.9 Å². The zero-order chi connectivity index (χ0) is 27.7. The molecule has 4 amide bonds. The van der Waals surface area contributed by atoms with Gasteiger partial charge in [0.1, 0.15) is 11.9 Å². The molecule has 1 fully saturated rings. The third-order valence-corrected chi connectivity index (χ3v) is 6.94. The van der Waals surface area contributed by atoms with Crippen molar-refractivity contribution in [1.29, 1.82) is 0 Å². The van der Waals surface area contributed by atoms with Crippen molar-refractivity contribution in [1.82, 2.24) is 25.0 Å². The van der Waals surface area contributed by atoms with Gasteiger partial charge >= 0.3 is 6.03 Å². The number of nitrogens with one attached hydrogen (secondary N) is 1. The van der Waals surface area contributed by atoms with Gasteiger partial charge in [-0.1, -0.05) is 36.2 Å². The normalized spacial score (nSPS) is 17.6. The van der Waals surface area contributed by atoms with Gasteiger partial charge in [-0.25, -0.2) is 9.78 Å². The van der Waals surface area contributed by atoms with Crippen molar-refractivity contribution < 1.29 is 14.4 Å². The summed E-state index contributed by atoms with van der Waals surface area (Å²) in [5, 5.41) is 7.13. The highest BCUT2D eigenvalue weighted by molar-refractivity contribution is 6.12. The lowest BCUT2D eigenvalue weighted by atomic mass is 9.81. The first-order chi connectivity index (χ1) is 18.0. The molecule has 3 heterocycles. The van der Waals surface area contributed by atoms with Crippen molar-refractivity contribution in [3.8, 4) is 0 Å². The molecule has 10 heteroatoms. The Kier molecular flexibility index (Phi) is 7.52. The molecule has 4 rings (SSSR count). The molecule has 1 aliphatic rings. The smallest absolute Gasteiger partial charge is 0.325 e. The van der Waals surface area contributed by atoms with Crippen molar-refractivity contribution in [2.75, 3.05) is 17.7 Å². The summed E-state index contributed by atoms with van der Waals surface area (Å²) in [5.74, 6) is -1.13. The summed E-state index contributed by atoms with van der Waals surface area (Å²) in [7, 11) is 3.37. The first kappa shape index (κ1) is 26.8. The van der Waals surface area contributed by atoms with E-state index in [0.29, 0.717) is 17.9 Å². The molecule has 0 saturated carbocycles. The Bertz CT molecular complexity index is 1340. The van der Waals surface area contributed by atoms with Gasteiger partial charge in [-0.15, -0.1) is 0 Å². The van der Waals surface area contributed by atoms with Gasteiger partial charge in [0.15, 0.2) is 0 Å². The Balaban J connectivity index is 1.62. The van der Waals surface area contributed by atoms with Crippen LogP contribution in [0, 0.1) is 26.7 Å². The van der Waals surface area contributed by atoms with Gasteiger partial charge in [-0.05, 0) is 56.9 Å². The van der Waals surface area contributed by atoms with E-state index in [2.05, 4.69) is 21.5 Å². The van der Waals surface area contributed by atoms with Gasteiger partial charge in [0.25, 0.3) is 5.91 Å². The lowest BCUT2D eigenvalue weighted by Crippen LogP contribution is -2.70. The number of amides is 4. The minimum atomic E-state index is -0.973. The van der Waals surface area contributed by atoms with Gasteiger partial charge in [0, 0.05) is 26.0 Å². The summed E-state index contributed by atoms with van der Waals surface area (Å²) in [4.78, 5) is 47.3. The number of β-lactam (4-membered cyclic amide) rings is 1. The third kappa shape index (κ3) is 5.39. The molecule has 10 nitrogen and oxygen atoms in total. The number of carbonyl (C=O) groups excluding carboxylic acids is 3. The molecule has 3 aromatic rings. The number of hydrogen-bond donors (Lipinski definition) is 2. The fourth-order valence-corrected chi connectivity index (χ4v) is 5.15. The highest BCUT2D eigenvalue weighted by Gasteiger charge is 2.55. The molecule has 0 bridgehead atoms. The van der Waals surface area contributed by atoms with E-state index >= 15 is 0 Å². The third-order valence-electron chi connectivity index (χ3n) is 6.94. The van der Waals surface area contributed by atoms with Crippen molar-refractivity contribution in [2.45, 2.75) is 52.6 Å². The number of urea groups is 1. The Morgan fingerprint density at radius 2 is 1.82 bits per heavy atom. The predicted molar refractivity (Wildman–Crippen MR) is 145 cm³/mol. The summed E-state index contributed by atoms with van der Waals surface area (Å²) in [6.07, 6.45) is 4.17. The lowest BCUT2D eigenvalue weighted by molar-refractivity contribution is -0.156. The molecule has 38 heavy (non-hydrogen) atoms. The van der Waals surface area contributed by atoms with Crippen LogP contribution in [-0.4, -0.2) is 50.6 Å². The second-order valence-electron chi connectivity index (χ2n) is 10.1. The second kappa shape index (κ2) is 10.6. The molecular weight excluding hydrogens is 482 g/mol. The zero-order valence-electron chi connectivity index (χ0n) is 22.7. The number of hydrogen-bond acceptors (Lipinski definition) is 6. The number of carbonyl (C=O) groups is 3. The number of anilines is 2. The average molecular weight is 518 g/mol. The molecule has 3 N–H and O–H groups in total. The van der Waals surface area contributed by atoms with Crippen molar-refractivity contribution in [3.05, 3.63) is 70.7 Å². The van der Waals surface area contributed by atoms with Crippen LogP contribution in [0.5, 0.6) is 0 Å². The van der Waals surface area contributed by atoms with E-state index in [4.69, 9.17) is 5.73 Å². The molecule has 0 aliphatic carbocycles. The number of nitrogens with zero attached hydrogens (tertiary/aromatic N) is 5. The molecule has 1 saturated heterocycles. The highest BCUT2D eigenvalue weighted by Crippen LogP contribution is 2.33. The molecule has 2 aromatic heterocycles. The van der Waals surface area contributed by atoms with Crippen LogP contribution in [0.25, 0.3) is 0 Å². The SMILES string of the molecule is CC[C@@H](NC(=O)N1C(=O)[C@H](Cc2cc(C)nc(N)c2)[C@H]1C(=O)N(C)c1cnn(C)c1)c1cc(C)cc(C)c1. The van der Waals surface area contributed by atoms with Crippen molar-refractivity contribution in [2.24, 2.45) is 13.0 Å². The maximum absolute atomic E-state index is 13.7. The number of aryl methyl sites for hydroxylation is 4. The van der Waals surface area contributed by atoms with Gasteiger partial charge < -0.3 is 16.0 Å².